The van der Waals surface area contributed by atoms with E-state index >= 15 is 0 Å². The highest BCUT2D eigenvalue weighted by Gasteiger charge is 2.19. The molecular formula is C43H28N2O. The van der Waals surface area contributed by atoms with E-state index in [-0.39, 0.29) is 0 Å². The average molecular weight is 589 g/mol. The lowest BCUT2D eigenvalue weighted by atomic mass is 10.0. The summed E-state index contributed by atoms with van der Waals surface area (Å²) in [7, 11) is 0. The van der Waals surface area contributed by atoms with Crippen molar-refractivity contribution in [2.75, 3.05) is 0 Å². The Balaban J connectivity index is 1.19. The maximum atomic E-state index is 6.34. The van der Waals surface area contributed by atoms with Crippen molar-refractivity contribution in [3.8, 4) is 22.5 Å². The second-order valence-corrected chi connectivity index (χ2v) is 12.3. The van der Waals surface area contributed by atoms with Gasteiger partial charge in [-0.15, -0.1) is 0 Å². The van der Waals surface area contributed by atoms with E-state index in [2.05, 4.69) is 162 Å². The Morgan fingerprint density at radius 2 is 1.02 bits per heavy atom. The second kappa shape index (κ2) is 9.47. The fourth-order valence-electron chi connectivity index (χ4n) is 7.53. The predicted molar refractivity (Wildman–Crippen MR) is 193 cm³/mol. The molecule has 3 aromatic heterocycles. The van der Waals surface area contributed by atoms with Gasteiger partial charge >= 0.3 is 0 Å². The average Bonchev–Trinajstić information content (AvgIpc) is 3.76. The molecule has 216 valence electrons. The maximum Gasteiger partial charge on any atom is 0.136 e. The molecule has 0 spiro atoms. The van der Waals surface area contributed by atoms with E-state index in [1.54, 1.807) is 0 Å². The first kappa shape index (κ1) is 25.3. The summed E-state index contributed by atoms with van der Waals surface area (Å²) in [6.07, 6.45) is 0. The highest BCUT2D eigenvalue weighted by atomic mass is 16.3. The summed E-state index contributed by atoms with van der Waals surface area (Å²) >= 11 is 0. The van der Waals surface area contributed by atoms with Crippen molar-refractivity contribution < 1.29 is 4.42 Å². The number of furan rings is 1. The number of rotatable bonds is 3. The van der Waals surface area contributed by atoms with Gasteiger partial charge in [0.15, 0.2) is 0 Å². The van der Waals surface area contributed by atoms with Crippen LogP contribution in [0.15, 0.2) is 156 Å². The number of aromatic nitrogens is 2. The molecule has 0 amide bonds. The van der Waals surface area contributed by atoms with Crippen molar-refractivity contribution in [2.45, 2.75) is 6.92 Å². The molecule has 3 heterocycles. The maximum absolute atomic E-state index is 6.34. The number of hydrogen-bond acceptors (Lipinski definition) is 1. The Labute approximate surface area is 265 Å². The molecule has 0 saturated heterocycles. The predicted octanol–water partition coefficient (Wildman–Crippen LogP) is 11.8. The van der Waals surface area contributed by atoms with Gasteiger partial charge in [-0.3, -0.25) is 0 Å². The lowest BCUT2D eigenvalue weighted by Crippen LogP contribution is -1.94. The number of hydrogen-bond donors (Lipinski definition) is 0. The van der Waals surface area contributed by atoms with Crippen LogP contribution in [0.1, 0.15) is 5.56 Å². The van der Waals surface area contributed by atoms with Gasteiger partial charge in [0.1, 0.15) is 11.2 Å². The molecule has 0 unspecified atom stereocenters. The van der Waals surface area contributed by atoms with Crippen LogP contribution >= 0.6 is 0 Å². The molecule has 10 aromatic rings. The molecule has 0 aliphatic rings. The van der Waals surface area contributed by atoms with E-state index in [0.29, 0.717) is 0 Å². The minimum atomic E-state index is 0.914. The molecule has 0 aliphatic carbocycles. The molecule has 10 rings (SSSR count). The summed E-state index contributed by atoms with van der Waals surface area (Å²) < 4.78 is 11.1. The van der Waals surface area contributed by atoms with Crippen LogP contribution in [0.4, 0.5) is 0 Å². The second-order valence-electron chi connectivity index (χ2n) is 12.3. The summed E-state index contributed by atoms with van der Waals surface area (Å²) in [5.41, 5.74) is 12.6. The number of nitrogens with zero attached hydrogens (tertiary/aromatic N) is 2. The van der Waals surface area contributed by atoms with Gasteiger partial charge in [0.25, 0.3) is 0 Å². The molecule has 46 heavy (non-hydrogen) atoms. The third kappa shape index (κ3) is 3.54. The molecule has 0 saturated carbocycles. The quantitative estimate of drug-likeness (QED) is 0.201. The van der Waals surface area contributed by atoms with Crippen LogP contribution in [-0.4, -0.2) is 9.13 Å². The SMILES string of the molecule is Cc1ccc2c(c1)c1ccccc1n2-c1ccc(-c2ccc3c(c2)c2c4c(ccc2n3-c2ccccc2)oc2ccccc24)cc1. The summed E-state index contributed by atoms with van der Waals surface area (Å²) in [5.74, 6) is 0. The van der Waals surface area contributed by atoms with E-state index in [9.17, 15) is 0 Å². The fraction of sp³-hybridized carbons (Fsp3) is 0.0233. The molecule has 7 aromatic carbocycles. The molecule has 0 aliphatic heterocycles. The molecule has 3 heteroatoms. The molecule has 0 N–H and O–H groups in total. The van der Waals surface area contributed by atoms with Gasteiger partial charge in [-0.25, -0.2) is 0 Å². The van der Waals surface area contributed by atoms with Crippen molar-refractivity contribution in [3.63, 3.8) is 0 Å². The Morgan fingerprint density at radius 1 is 0.391 bits per heavy atom. The third-order valence-corrected chi connectivity index (χ3v) is 9.57. The zero-order valence-electron chi connectivity index (χ0n) is 25.2. The van der Waals surface area contributed by atoms with Crippen LogP contribution in [-0.2, 0) is 0 Å². The van der Waals surface area contributed by atoms with Crippen molar-refractivity contribution in [2.24, 2.45) is 0 Å². The van der Waals surface area contributed by atoms with Gasteiger partial charge in [0.2, 0.25) is 0 Å². The van der Waals surface area contributed by atoms with E-state index < -0.39 is 0 Å². The highest BCUT2D eigenvalue weighted by Crippen LogP contribution is 2.42. The van der Waals surface area contributed by atoms with Crippen LogP contribution in [0.2, 0.25) is 0 Å². The van der Waals surface area contributed by atoms with Crippen LogP contribution in [0, 0.1) is 6.92 Å². The van der Waals surface area contributed by atoms with Gasteiger partial charge < -0.3 is 13.6 Å². The monoisotopic (exact) mass is 588 g/mol. The highest BCUT2D eigenvalue weighted by molar-refractivity contribution is 6.27. The summed E-state index contributed by atoms with van der Waals surface area (Å²) in [4.78, 5) is 0. The minimum absolute atomic E-state index is 0.914. The lowest BCUT2D eigenvalue weighted by Gasteiger charge is -2.10. The van der Waals surface area contributed by atoms with Gasteiger partial charge in [-0.2, -0.15) is 0 Å². The standard InChI is InChI=1S/C43H28N2O/c1-27-15-21-37-34(25-27)32-11-5-7-13-36(32)44(37)31-19-16-28(17-20-31)29-18-22-38-35(26-29)42-39(45(38)30-9-3-2-4-10-30)23-24-41-43(42)33-12-6-8-14-40(33)46-41/h2-26H,1H3. The molecular weight excluding hydrogens is 560 g/mol. The number of aryl methyl sites for hydroxylation is 1. The summed E-state index contributed by atoms with van der Waals surface area (Å²) in [5, 5.41) is 7.32. The zero-order valence-corrected chi connectivity index (χ0v) is 25.2. The van der Waals surface area contributed by atoms with Crippen molar-refractivity contribution >= 4 is 65.6 Å². The Bertz CT molecular complexity index is 2790. The van der Waals surface area contributed by atoms with Crippen LogP contribution in [0.25, 0.3) is 88.1 Å². The van der Waals surface area contributed by atoms with Crippen LogP contribution in [0.3, 0.4) is 0 Å². The topological polar surface area (TPSA) is 23.0 Å². The zero-order chi connectivity index (χ0) is 30.4. The van der Waals surface area contributed by atoms with E-state index in [1.165, 1.54) is 65.7 Å². The van der Waals surface area contributed by atoms with Crippen molar-refractivity contribution in [1.29, 1.82) is 0 Å². The smallest absolute Gasteiger partial charge is 0.136 e. The van der Waals surface area contributed by atoms with Gasteiger partial charge in [0, 0.05) is 43.7 Å². The Morgan fingerprint density at radius 3 is 1.89 bits per heavy atom. The fourth-order valence-corrected chi connectivity index (χ4v) is 7.53. The number of benzene rings is 7. The first-order valence-corrected chi connectivity index (χ1v) is 15.8. The van der Waals surface area contributed by atoms with Gasteiger partial charge in [-0.1, -0.05) is 84.4 Å². The number of fused-ring (bicyclic) bond motifs is 10. The van der Waals surface area contributed by atoms with Crippen LogP contribution in [0.5, 0.6) is 0 Å². The van der Waals surface area contributed by atoms with E-state index in [1.807, 2.05) is 6.07 Å². The summed E-state index contributed by atoms with van der Waals surface area (Å²) in [6, 6.07) is 54.7. The van der Waals surface area contributed by atoms with Crippen molar-refractivity contribution in [1.82, 2.24) is 9.13 Å². The van der Waals surface area contributed by atoms with Crippen LogP contribution < -0.4 is 0 Å². The van der Waals surface area contributed by atoms with E-state index in [0.717, 1.165) is 27.9 Å². The largest absolute Gasteiger partial charge is 0.456 e. The Kier molecular flexibility index (Phi) is 5.20. The summed E-state index contributed by atoms with van der Waals surface area (Å²) in [6.45, 7) is 2.16. The van der Waals surface area contributed by atoms with E-state index in [4.69, 9.17) is 4.42 Å². The molecule has 0 bridgehead atoms. The first-order valence-electron chi connectivity index (χ1n) is 15.8. The number of para-hydroxylation sites is 3. The minimum Gasteiger partial charge on any atom is -0.456 e. The van der Waals surface area contributed by atoms with Crippen molar-refractivity contribution in [3.05, 3.63) is 157 Å². The normalized spacial score (nSPS) is 12.0. The molecule has 3 nitrogen and oxygen atoms in total. The lowest BCUT2D eigenvalue weighted by molar-refractivity contribution is 0.669. The molecule has 0 fully saturated rings. The van der Waals surface area contributed by atoms with Gasteiger partial charge in [0.05, 0.1) is 22.1 Å². The molecule has 0 radical (unpaired) electrons. The Hall–Kier alpha value is -6.06. The van der Waals surface area contributed by atoms with Gasteiger partial charge in [-0.05, 0) is 90.8 Å². The molecule has 0 atom stereocenters. The third-order valence-electron chi connectivity index (χ3n) is 9.57. The first-order chi connectivity index (χ1) is 22.7.